The van der Waals surface area contributed by atoms with Gasteiger partial charge < -0.3 is 0 Å². The monoisotopic (exact) mass is 351 g/mol. The second-order valence-electron chi connectivity index (χ2n) is 5.39. The van der Waals surface area contributed by atoms with Gasteiger partial charge in [-0.25, -0.2) is 16.8 Å². The fraction of sp³-hybridized carbons (Fsp3) is 0.538. The van der Waals surface area contributed by atoms with Gasteiger partial charge in [0, 0.05) is 23.3 Å². The second kappa shape index (κ2) is 5.87. The third kappa shape index (κ3) is 3.41. The predicted octanol–water partition coefficient (Wildman–Crippen LogP) is 2.42. The summed E-state index contributed by atoms with van der Waals surface area (Å²) in [5.74, 6) is 0.272. The summed E-state index contributed by atoms with van der Waals surface area (Å²) in [6, 6.07) is 5.07. The van der Waals surface area contributed by atoms with E-state index in [1.54, 1.807) is 0 Å². The molecule has 0 amide bonds. The lowest BCUT2D eigenvalue weighted by atomic mass is 9.94. The van der Waals surface area contributed by atoms with Gasteiger partial charge in [0.2, 0.25) is 10.0 Å². The first-order chi connectivity index (χ1) is 9.64. The van der Waals surface area contributed by atoms with Crippen LogP contribution in [-0.4, -0.2) is 33.7 Å². The molecule has 8 heteroatoms. The van der Waals surface area contributed by atoms with Crippen molar-refractivity contribution in [1.82, 2.24) is 4.31 Å². The van der Waals surface area contributed by atoms with Crippen molar-refractivity contribution in [3.63, 3.8) is 0 Å². The maximum Gasteiger partial charge on any atom is 0.261 e. The smallest absolute Gasteiger partial charge is 0.207 e. The number of rotatable bonds is 3. The molecule has 1 saturated heterocycles. The van der Waals surface area contributed by atoms with Crippen LogP contribution in [-0.2, 0) is 19.1 Å². The summed E-state index contributed by atoms with van der Waals surface area (Å²) >= 11 is 0. The molecule has 0 bridgehead atoms. The Morgan fingerprint density at radius 2 is 1.76 bits per heavy atom. The molecule has 0 spiro atoms. The molecule has 0 aliphatic carbocycles. The molecule has 1 aromatic rings. The zero-order valence-corrected chi connectivity index (χ0v) is 14.2. The lowest BCUT2D eigenvalue weighted by Crippen LogP contribution is -2.45. The maximum absolute atomic E-state index is 12.7. The predicted molar refractivity (Wildman–Crippen MR) is 81.2 cm³/mol. The van der Waals surface area contributed by atoms with Crippen molar-refractivity contribution in [2.45, 2.75) is 42.5 Å². The summed E-state index contributed by atoms with van der Waals surface area (Å²) in [6.45, 7) is 4.35. The molecule has 2 atom stereocenters. The number of halogens is 1. The zero-order chi connectivity index (χ0) is 15.8. The zero-order valence-electron chi connectivity index (χ0n) is 11.9. The molecule has 1 aliphatic heterocycles. The van der Waals surface area contributed by atoms with E-state index in [0.29, 0.717) is 6.54 Å². The summed E-state index contributed by atoms with van der Waals surface area (Å²) in [5.41, 5.74) is 0. The molecule has 118 valence electrons. The Morgan fingerprint density at radius 3 is 2.38 bits per heavy atom. The average molecular weight is 352 g/mol. The molecular weight excluding hydrogens is 334 g/mol. The Morgan fingerprint density at radius 1 is 1.14 bits per heavy atom. The SMILES string of the molecule is CC1CCCN(S(=O)(=O)c2cccc(S(=O)(=O)Cl)c2)C1C. The van der Waals surface area contributed by atoms with Gasteiger partial charge in [-0.05, 0) is 43.9 Å². The molecule has 1 fully saturated rings. The molecule has 0 radical (unpaired) electrons. The summed E-state index contributed by atoms with van der Waals surface area (Å²) in [7, 11) is -2.39. The van der Waals surface area contributed by atoms with E-state index in [2.05, 4.69) is 0 Å². The Bertz CT molecular complexity index is 730. The Hall–Kier alpha value is -0.630. The van der Waals surface area contributed by atoms with Crippen LogP contribution in [0.25, 0.3) is 0 Å². The lowest BCUT2D eigenvalue weighted by molar-refractivity contribution is 0.202. The van der Waals surface area contributed by atoms with E-state index in [4.69, 9.17) is 10.7 Å². The molecular formula is C13H18ClNO4S2. The van der Waals surface area contributed by atoms with Crippen molar-refractivity contribution in [3.8, 4) is 0 Å². The fourth-order valence-corrected chi connectivity index (χ4v) is 5.24. The summed E-state index contributed by atoms with van der Waals surface area (Å²) in [4.78, 5) is -0.242. The van der Waals surface area contributed by atoms with Gasteiger partial charge in [0.25, 0.3) is 9.05 Å². The van der Waals surface area contributed by atoms with Crippen LogP contribution in [0.2, 0.25) is 0 Å². The normalized spacial score (nSPS) is 24.9. The molecule has 2 unspecified atom stereocenters. The molecule has 0 saturated carbocycles. The largest absolute Gasteiger partial charge is 0.261 e. The summed E-state index contributed by atoms with van der Waals surface area (Å²) in [6.07, 6.45) is 1.79. The number of nitrogens with zero attached hydrogens (tertiary/aromatic N) is 1. The number of hydrogen-bond acceptors (Lipinski definition) is 4. The first-order valence-electron chi connectivity index (χ1n) is 6.70. The van der Waals surface area contributed by atoms with Gasteiger partial charge in [-0.3, -0.25) is 0 Å². The van der Waals surface area contributed by atoms with Crippen LogP contribution in [0.15, 0.2) is 34.1 Å². The number of benzene rings is 1. The van der Waals surface area contributed by atoms with E-state index in [9.17, 15) is 16.8 Å². The topological polar surface area (TPSA) is 71.5 Å². The van der Waals surface area contributed by atoms with Gasteiger partial charge in [0.05, 0.1) is 9.79 Å². The fourth-order valence-electron chi connectivity index (χ4n) is 2.56. The minimum Gasteiger partial charge on any atom is -0.207 e. The molecule has 21 heavy (non-hydrogen) atoms. The van der Waals surface area contributed by atoms with Crippen LogP contribution in [0.5, 0.6) is 0 Å². The molecule has 2 rings (SSSR count). The van der Waals surface area contributed by atoms with Crippen LogP contribution < -0.4 is 0 Å². The van der Waals surface area contributed by atoms with Crippen molar-refractivity contribution in [2.75, 3.05) is 6.54 Å². The Kier molecular flexibility index (Phi) is 4.68. The van der Waals surface area contributed by atoms with Gasteiger partial charge in [-0.2, -0.15) is 4.31 Å². The average Bonchev–Trinajstić information content (AvgIpc) is 2.41. The van der Waals surface area contributed by atoms with Gasteiger partial charge in [0.15, 0.2) is 0 Å². The van der Waals surface area contributed by atoms with Crippen LogP contribution >= 0.6 is 10.7 Å². The minimum absolute atomic E-state index is 0.0369. The number of sulfonamides is 1. The van der Waals surface area contributed by atoms with E-state index in [1.807, 2.05) is 13.8 Å². The maximum atomic E-state index is 12.7. The highest BCUT2D eigenvalue weighted by Gasteiger charge is 2.34. The number of hydrogen-bond donors (Lipinski definition) is 0. The highest BCUT2D eigenvalue weighted by molar-refractivity contribution is 8.13. The standard InChI is InChI=1S/C13H18ClNO4S2/c1-10-5-4-8-15(11(10)2)21(18,19)13-7-3-6-12(9-13)20(14,16)17/h3,6-7,9-11H,4-5,8H2,1-2H3. The first kappa shape index (κ1) is 16.7. The number of piperidine rings is 1. The van der Waals surface area contributed by atoms with Crippen LogP contribution in [0.3, 0.4) is 0 Å². The van der Waals surface area contributed by atoms with Crippen molar-refractivity contribution in [2.24, 2.45) is 5.92 Å². The van der Waals surface area contributed by atoms with Crippen molar-refractivity contribution in [1.29, 1.82) is 0 Å². The van der Waals surface area contributed by atoms with E-state index in [0.717, 1.165) is 18.9 Å². The van der Waals surface area contributed by atoms with Crippen molar-refractivity contribution in [3.05, 3.63) is 24.3 Å². The quantitative estimate of drug-likeness (QED) is 0.784. The van der Waals surface area contributed by atoms with E-state index in [-0.39, 0.29) is 21.8 Å². The minimum atomic E-state index is -3.95. The Balaban J connectivity index is 2.45. The van der Waals surface area contributed by atoms with Crippen molar-refractivity contribution >= 4 is 29.8 Å². The van der Waals surface area contributed by atoms with Crippen LogP contribution in [0.4, 0.5) is 0 Å². The van der Waals surface area contributed by atoms with Crippen LogP contribution in [0.1, 0.15) is 26.7 Å². The molecule has 1 aliphatic rings. The van der Waals surface area contributed by atoms with E-state index < -0.39 is 19.1 Å². The third-order valence-corrected chi connectivity index (χ3v) is 7.34. The van der Waals surface area contributed by atoms with Gasteiger partial charge >= 0.3 is 0 Å². The highest BCUT2D eigenvalue weighted by atomic mass is 35.7. The molecule has 1 heterocycles. The van der Waals surface area contributed by atoms with Gasteiger partial charge in [-0.15, -0.1) is 0 Å². The summed E-state index contributed by atoms with van der Waals surface area (Å²) < 4.78 is 49.6. The molecule has 0 aromatic heterocycles. The first-order valence-corrected chi connectivity index (χ1v) is 10.5. The van der Waals surface area contributed by atoms with Gasteiger partial charge in [0.1, 0.15) is 0 Å². The van der Waals surface area contributed by atoms with Gasteiger partial charge in [-0.1, -0.05) is 13.0 Å². The van der Waals surface area contributed by atoms with E-state index in [1.165, 1.54) is 22.5 Å². The molecule has 0 N–H and O–H groups in total. The highest BCUT2D eigenvalue weighted by Crippen LogP contribution is 2.29. The van der Waals surface area contributed by atoms with E-state index >= 15 is 0 Å². The lowest BCUT2D eigenvalue weighted by Gasteiger charge is -2.36. The summed E-state index contributed by atoms with van der Waals surface area (Å²) in [5, 5.41) is 0. The van der Waals surface area contributed by atoms with Crippen molar-refractivity contribution < 1.29 is 16.8 Å². The van der Waals surface area contributed by atoms with Crippen LogP contribution in [0, 0.1) is 5.92 Å². The third-order valence-electron chi connectivity index (χ3n) is 4.01. The molecule has 5 nitrogen and oxygen atoms in total. The Labute approximate surface area is 130 Å². The molecule has 1 aromatic carbocycles. The second-order valence-corrected chi connectivity index (χ2v) is 9.85.